The molecule has 0 bridgehead atoms. The molecule has 1 heterocycles. The second-order valence-corrected chi connectivity index (χ2v) is 8.93. The molecule has 1 unspecified atom stereocenters. The van der Waals surface area contributed by atoms with Crippen molar-refractivity contribution in [3.63, 3.8) is 0 Å². The summed E-state index contributed by atoms with van der Waals surface area (Å²) < 4.78 is 29.1. The SMILES string of the molecule is CCNC(=NCc1ccc(S(C)(=O)=O)c(C)c1)NCC(c1ccco1)N(C)C.I. The maximum atomic E-state index is 11.8. The number of sulfone groups is 1. The molecule has 29 heavy (non-hydrogen) atoms. The Balaban J connectivity index is 0.00000420. The van der Waals surface area contributed by atoms with E-state index >= 15 is 0 Å². The number of guanidine groups is 1. The highest BCUT2D eigenvalue weighted by Crippen LogP contribution is 2.18. The monoisotopic (exact) mass is 534 g/mol. The first-order chi connectivity index (χ1) is 13.2. The van der Waals surface area contributed by atoms with Crippen LogP contribution in [0.1, 0.15) is 29.9 Å². The lowest BCUT2D eigenvalue weighted by Crippen LogP contribution is -2.41. The van der Waals surface area contributed by atoms with Gasteiger partial charge in [0.2, 0.25) is 0 Å². The summed E-state index contributed by atoms with van der Waals surface area (Å²) in [6, 6.07) is 9.25. The summed E-state index contributed by atoms with van der Waals surface area (Å²) in [5.41, 5.74) is 1.69. The molecule has 0 aliphatic carbocycles. The van der Waals surface area contributed by atoms with Gasteiger partial charge < -0.3 is 15.1 Å². The zero-order valence-corrected chi connectivity index (χ0v) is 20.7. The van der Waals surface area contributed by atoms with Crippen LogP contribution < -0.4 is 10.6 Å². The zero-order chi connectivity index (χ0) is 20.7. The zero-order valence-electron chi connectivity index (χ0n) is 17.6. The maximum absolute atomic E-state index is 11.8. The van der Waals surface area contributed by atoms with Crippen molar-refractivity contribution in [3.8, 4) is 0 Å². The lowest BCUT2D eigenvalue weighted by atomic mass is 10.1. The van der Waals surface area contributed by atoms with Gasteiger partial charge in [-0.3, -0.25) is 4.90 Å². The Hall–Kier alpha value is -1.59. The first kappa shape index (κ1) is 25.4. The first-order valence-corrected chi connectivity index (χ1v) is 11.1. The maximum Gasteiger partial charge on any atom is 0.191 e. The van der Waals surface area contributed by atoms with Gasteiger partial charge in [0.05, 0.1) is 23.7 Å². The Morgan fingerprint density at radius 2 is 1.97 bits per heavy atom. The van der Waals surface area contributed by atoms with Gasteiger partial charge in [0.1, 0.15) is 5.76 Å². The average molecular weight is 534 g/mol. The van der Waals surface area contributed by atoms with Gasteiger partial charge in [0, 0.05) is 19.3 Å². The Morgan fingerprint density at radius 3 is 2.48 bits per heavy atom. The van der Waals surface area contributed by atoms with Crippen molar-refractivity contribution in [2.75, 3.05) is 33.4 Å². The minimum atomic E-state index is -3.21. The Morgan fingerprint density at radius 1 is 1.24 bits per heavy atom. The highest BCUT2D eigenvalue weighted by atomic mass is 127. The van der Waals surface area contributed by atoms with Crippen molar-refractivity contribution in [3.05, 3.63) is 53.5 Å². The molecule has 2 N–H and O–H groups in total. The smallest absolute Gasteiger partial charge is 0.191 e. The molecule has 0 fully saturated rings. The van der Waals surface area contributed by atoms with Crippen LogP contribution in [-0.4, -0.2) is 52.7 Å². The summed E-state index contributed by atoms with van der Waals surface area (Å²) in [6.07, 6.45) is 2.90. The van der Waals surface area contributed by atoms with Gasteiger partial charge in [0.25, 0.3) is 0 Å². The number of aryl methyl sites for hydroxylation is 1. The van der Waals surface area contributed by atoms with Crippen molar-refractivity contribution in [1.82, 2.24) is 15.5 Å². The number of rotatable bonds is 8. The summed E-state index contributed by atoms with van der Waals surface area (Å²) >= 11 is 0. The van der Waals surface area contributed by atoms with Gasteiger partial charge >= 0.3 is 0 Å². The van der Waals surface area contributed by atoms with E-state index in [1.54, 1.807) is 19.3 Å². The van der Waals surface area contributed by atoms with E-state index in [0.29, 0.717) is 23.9 Å². The van der Waals surface area contributed by atoms with Gasteiger partial charge in [0.15, 0.2) is 15.8 Å². The topological polar surface area (TPSA) is 86.9 Å². The number of likely N-dealkylation sites (N-methyl/N-ethyl adjacent to an activating group) is 1. The largest absolute Gasteiger partial charge is 0.468 e. The summed E-state index contributed by atoms with van der Waals surface area (Å²) in [5.74, 6) is 1.59. The van der Waals surface area contributed by atoms with Crippen LogP contribution in [0.25, 0.3) is 0 Å². The van der Waals surface area contributed by atoms with E-state index < -0.39 is 9.84 Å². The third-order valence-electron chi connectivity index (χ3n) is 4.36. The van der Waals surface area contributed by atoms with Gasteiger partial charge in [-0.2, -0.15) is 0 Å². The summed E-state index contributed by atoms with van der Waals surface area (Å²) in [5, 5.41) is 6.59. The fraction of sp³-hybridized carbons (Fsp3) is 0.450. The van der Waals surface area contributed by atoms with E-state index in [4.69, 9.17) is 4.42 Å². The molecule has 0 saturated heterocycles. The summed E-state index contributed by atoms with van der Waals surface area (Å²) in [4.78, 5) is 7.07. The predicted molar refractivity (Wildman–Crippen MR) is 128 cm³/mol. The number of nitrogens with one attached hydrogen (secondary N) is 2. The van der Waals surface area contributed by atoms with Crippen molar-refractivity contribution in [2.45, 2.75) is 31.3 Å². The molecule has 2 rings (SSSR count). The molecule has 1 aromatic carbocycles. The van der Waals surface area contributed by atoms with Gasteiger partial charge in [-0.1, -0.05) is 12.1 Å². The fourth-order valence-electron chi connectivity index (χ4n) is 2.95. The Labute approximate surface area is 190 Å². The van der Waals surface area contributed by atoms with E-state index in [0.717, 1.165) is 23.4 Å². The normalized spacial score (nSPS) is 13.1. The molecule has 0 aliphatic heterocycles. The number of nitrogens with zero attached hydrogens (tertiary/aromatic N) is 2. The Bertz CT molecular complexity index is 896. The number of furan rings is 1. The molecule has 1 aromatic heterocycles. The van der Waals surface area contributed by atoms with Crippen LogP contribution in [0.3, 0.4) is 0 Å². The van der Waals surface area contributed by atoms with Crippen molar-refractivity contribution in [1.29, 1.82) is 0 Å². The van der Waals surface area contributed by atoms with E-state index in [1.807, 2.05) is 45.3 Å². The Kier molecular flexibility index (Phi) is 10.1. The van der Waals surface area contributed by atoms with E-state index in [2.05, 4.69) is 20.5 Å². The van der Waals surface area contributed by atoms with Crippen molar-refractivity contribution in [2.24, 2.45) is 4.99 Å². The number of hydrogen-bond donors (Lipinski definition) is 2. The third kappa shape index (κ3) is 7.63. The molecule has 162 valence electrons. The van der Waals surface area contributed by atoms with Crippen LogP contribution in [0.15, 0.2) is 50.9 Å². The number of halogens is 1. The number of aliphatic imine (C=N–C) groups is 1. The van der Waals surface area contributed by atoms with Crippen LogP contribution in [-0.2, 0) is 16.4 Å². The lowest BCUT2D eigenvalue weighted by Gasteiger charge is -2.23. The summed E-state index contributed by atoms with van der Waals surface area (Å²) in [6.45, 7) is 5.65. The van der Waals surface area contributed by atoms with Gasteiger partial charge in [-0.25, -0.2) is 13.4 Å². The van der Waals surface area contributed by atoms with E-state index in [-0.39, 0.29) is 30.0 Å². The van der Waals surface area contributed by atoms with Crippen molar-refractivity contribution >= 4 is 39.8 Å². The van der Waals surface area contributed by atoms with E-state index in [1.165, 1.54) is 6.26 Å². The van der Waals surface area contributed by atoms with Gasteiger partial charge in [-0.05, 0) is 57.3 Å². The molecule has 2 aromatic rings. The average Bonchev–Trinajstić information content (AvgIpc) is 3.12. The van der Waals surface area contributed by atoms with Crippen LogP contribution >= 0.6 is 24.0 Å². The minimum Gasteiger partial charge on any atom is -0.468 e. The summed E-state index contributed by atoms with van der Waals surface area (Å²) in [7, 11) is 0.798. The molecular formula is C20H31IN4O3S. The van der Waals surface area contributed by atoms with Crippen molar-refractivity contribution < 1.29 is 12.8 Å². The molecule has 7 nitrogen and oxygen atoms in total. The first-order valence-electron chi connectivity index (χ1n) is 9.24. The van der Waals surface area contributed by atoms with E-state index in [9.17, 15) is 8.42 Å². The second kappa shape index (κ2) is 11.6. The molecular weight excluding hydrogens is 503 g/mol. The molecule has 1 atom stereocenters. The minimum absolute atomic E-state index is 0. The predicted octanol–water partition coefficient (Wildman–Crippen LogP) is 2.97. The lowest BCUT2D eigenvalue weighted by molar-refractivity contribution is 0.258. The molecule has 0 spiro atoms. The highest BCUT2D eigenvalue weighted by Gasteiger charge is 2.17. The molecule has 0 amide bonds. The van der Waals surface area contributed by atoms with Crippen LogP contribution in [0, 0.1) is 6.92 Å². The molecule has 0 radical (unpaired) electrons. The van der Waals surface area contributed by atoms with Gasteiger partial charge in [-0.15, -0.1) is 24.0 Å². The molecule has 0 saturated carbocycles. The fourth-order valence-corrected chi connectivity index (χ4v) is 3.91. The van der Waals surface area contributed by atoms with Crippen LogP contribution in [0.5, 0.6) is 0 Å². The van der Waals surface area contributed by atoms with Crippen LogP contribution in [0.4, 0.5) is 0 Å². The number of benzene rings is 1. The second-order valence-electron chi connectivity index (χ2n) is 6.94. The molecule has 9 heteroatoms. The quantitative estimate of drug-likeness (QED) is 0.308. The highest BCUT2D eigenvalue weighted by molar-refractivity contribution is 14.0. The van der Waals surface area contributed by atoms with Crippen LogP contribution in [0.2, 0.25) is 0 Å². The molecule has 0 aliphatic rings. The standard InChI is InChI=1S/C20H30N4O3S.HI/c1-6-21-20(23-14-17(24(3)4)18-8-7-11-27-18)22-13-16-9-10-19(15(2)12-16)28(5,25)26;/h7-12,17H,6,13-14H2,1-5H3,(H2,21,22,23);1H. The number of hydrogen-bond acceptors (Lipinski definition) is 5. The third-order valence-corrected chi connectivity index (χ3v) is 5.62.